The minimum absolute atomic E-state index is 0.245. The lowest BCUT2D eigenvalue weighted by Gasteiger charge is -1.97. The zero-order chi connectivity index (χ0) is 12.5. The number of hydrogen-bond donors (Lipinski definition) is 1. The highest BCUT2D eigenvalue weighted by molar-refractivity contribution is 6.29. The van der Waals surface area contributed by atoms with Crippen LogP contribution in [0.4, 0.5) is 0 Å². The second-order valence-electron chi connectivity index (χ2n) is 3.99. The van der Waals surface area contributed by atoms with Gasteiger partial charge in [0.2, 0.25) is 0 Å². The maximum atomic E-state index is 9.41. The van der Waals surface area contributed by atoms with E-state index in [9.17, 15) is 5.11 Å². The van der Waals surface area contributed by atoms with E-state index in [0.717, 1.165) is 11.2 Å². The average Bonchev–Trinajstić information content (AvgIpc) is 2.73. The van der Waals surface area contributed by atoms with Crippen LogP contribution in [0.1, 0.15) is 11.4 Å². The first-order valence-corrected chi connectivity index (χ1v) is 5.88. The van der Waals surface area contributed by atoms with E-state index < -0.39 is 0 Å². The Hall–Kier alpha value is -2.07. The third-order valence-corrected chi connectivity index (χ3v) is 2.92. The lowest BCUT2D eigenvalue weighted by atomic mass is 10.1. The van der Waals surface area contributed by atoms with Crippen LogP contribution in [-0.4, -0.2) is 19.7 Å². The second kappa shape index (κ2) is 4.31. The molecule has 0 saturated heterocycles. The maximum Gasteiger partial charge on any atom is 0.157 e. The second-order valence-corrected chi connectivity index (χ2v) is 4.38. The number of benzene rings is 1. The van der Waals surface area contributed by atoms with Crippen molar-refractivity contribution in [1.29, 1.82) is 0 Å². The molecule has 0 fully saturated rings. The molecule has 0 saturated carbocycles. The number of phenolic OH excluding ortho intramolecular Hbond substituents is 1. The number of fused-ring (bicyclic) bond motifs is 1. The van der Waals surface area contributed by atoms with Gasteiger partial charge in [-0.25, -0.2) is 9.50 Å². The van der Waals surface area contributed by atoms with E-state index in [1.165, 1.54) is 0 Å². The van der Waals surface area contributed by atoms with Crippen molar-refractivity contribution in [1.82, 2.24) is 14.6 Å². The number of aromatic hydroxyl groups is 1. The Morgan fingerprint density at radius 3 is 2.78 bits per heavy atom. The molecule has 0 radical (unpaired) electrons. The molecule has 0 atom stereocenters. The van der Waals surface area contributed by atoms with E-state index in [0.29, 0.717) is 17.4 Å². The molecule has 4 nitrogen and oxygen atoms in total. The van der Waals surface area contributed by atoms with Gasteiger partial charge < -0.3 is 5.11 Å². The van der Waals surface area contributed by atoms with Gasteiger partial charge in [-0.2, -0.15) is 0 Å². The first-order chi connectivity index (χ1) is 8.72. The third kappa shape index (κ3) is 2.02. The Balaban J connectivity index is 1.98. The van der Waals surface area contributed by atoms with Gasteiger partial charge in [-0.3, -0.25) is 0 Å². The molecule has 3 aromatic rings. The van der Waals surface area contributed by atoms with Crippen molar-refractivity contribution in [2.75, 3.05) is 0 Å². The Kier molecular flexibility index (Phi) is 2.64. The smallest absolute Gasteiger partial charge is 0.157 e. The van der Waals surface area contributed by atoms with Gasteiger partial charge in [-0.1, -0.05) is 29.8 Å². The van der Waals surface area contributed by atoms with E-state index >= 15 is 0 Å². The van der Waals surface area contributed by atoms with E-state index in [4.69, 9.17) is 11.6 Å². The molecule has 1 aromatic carbocycles. The minimum Gasteiger partial charge on any atom is -0.508 e. The highest BCUT2D eigenvalue weighted by atomic mass is 35.5. The number of nitrogens with zero attached hydrogens (tertiary/aromatic N) is 3. The summed E-state index contributed by atoms with van der Waals surface area (Å²) in [5.41, 5.74) is 1.68. The zero-order valence-corrected chi connectivity index (χ0v) is 10.2. The largest absolute Gasteiger partial charge is 0.508 e. The van der Waals surface area contributed by atoms with Gasteiger partial charge in [0.1, 0.15) is 10.9 Å². The van der Waals surface area contributed by atoms with E-state index in [2.05, 4.69) is 10.1 Å². The summed E-state index contributed by atoms with van der Waals surface area (Å²) in [5, 5.41) is 14.3. The fourth-order valence-electron chi connectivity index (χ4n) is 1.84. The summed E-state index contributed by atoms with van der Waals surface area (Å²) in [7, 11) is 0. The predicted molar refractivity (Wildman–Crippen MR) is 68.9 cm³/mol. The molecule has 0 aliphatic heterocycles. The van der Waals surface area contributed by atoms with Crippen molar-refractivity contribution < 1.29 is 5.11 Å². The Morgan fingerprint density at radius 1 is 1.17 bits per heavy atom. The first-order valence-electron chi connectivity index (χ1n) is 5.50. The van der Waals surface area contributed by atoms with Crippen LogP contribution in [0.5, 0.6) is 5.75 Å². The molecule has 2 aromatic heterocycles. The van der Waals surface area contributed by atoms with Crippen LogP contribution >= 0.6 is 11.6 Å². The molecular weight excluding hydrogens is 250 g/mol. The molecule has 18 heavy (non-hydrogen) atoms. The molecule has 0 amide bonds. The van der Waals surface area contributed by atoms with Crippen molar-refractivity contribution in [3.05, 3.63) is 59.0 Å². The minimum atomic E-state index is 0.245. The number of phenols is 1. The van der Waals surface area contributed by atoms with Crippen molar-refractivity contribution in [2.24, 2.45) is 0 Å². The predicted octanol–water partition coefficient (Wildman–Crippen LogP) is 2.68. The summed E-state index contributed by atoms with van der Waals surface area (Å²) in [6.45, 7) is 0. The van der Waals surface area contributed by atoms with Crippen molar-refractivity contribution >= 4 is 17.2 Å². The lowest BCUT2D eigenvalue weighted by Crippen LogP contribution is -1.92. The summed E-state index contributed by atoms with van der Waals surface area (Å²) in [4.78, 5) is 4.38. The molecule has 90 valence electrons. The standard InChI is InChI=1S/C13H10ClN3O/c14-11-5-2-6-13-15-12(16-17(11)13)8-9-3-1-4-10(18)7-9/h1-7,18H,8H2. The number of rotatable bonds is 2. The summed E-state index contributed by atoms with van der Waals surface area (Å²) in [6.07, 6.45) is 0.562. The molecule has 0 spiro atoms. The first kappa shape index (κ1) is 11.0. The Morgan fingerprint density at radius 2 is 2.00 bits per heavy atom. The average molecular weight is 260 g/mol. The Labute approximate surface area is 108 Å². The zero-order valence-electron chi connectivity index (χ0n) is 9.42. The van der Waals surface area contributed by atoms with Gasteiger partial charge in [-0.05, 0) is 29.8 Å². The summed E-state index contributed by atoms with van der Waals surface area (Å²) >= 11 is 6.02. The molecule has 1 N–H and O–H groups in total. The monoisotopic (exact) mass is 259 g/mol. The van der Waals surface area contributed by atoms with Gasteiger partial charge >= 0.3 is 0 Å². The molecular formula is C13H10ClN3O. The molecule has 0 aliphatic rings. The SMILES string of the molecule is Oc1cccc(Cc2nc3cccc(Cl)n3n2)c1. The molecule has 0 aliphatic carbocycles. The van der Waals surface area contributed by atoms with Crippen LogP contribution in [0.2, 0.25) is 5.15 Å². The van der Waals surface area contributed by atoms with E-state index in [1.54, 1.807) is 28.8 Å². The highest BCUT2D eigenvalue weighted by Gasteiger charge is 2.06. The van der Waals surface area contributed by atoms with Gasteiger partial charge in [0.25, 0.3) is 0 Å². The van der Waals surface area contributed by atoms with Gasteiger partial charge in [0.15, 0.2) is 11.5 Å². The van der Waals surface area contributed by atoms with Gasteiger partial charge in [0, 0.05) is 6.42 Å². The van der Waals surface area contributed by atoms with Crippen LogP contribution in [-0.2, 0) is 6.42 Å². The summed E-state index contributed by atoms with van der Waals surface area (Å²) < 4.78 is 1.60. The fraction of sp³-hybridized carbons (Fsp3) is 0.0769. The van der Waals surface area contributed by atoms with Crippen molar-refractivity contribution in [3.8, 4) is 5.75 Å². The number of halogens is 1. The molecule has 0 bridgehead atoms. The normalized spacial score (nSPS) is 10.9. The van der Waals surface area contributed by atoms with Crippen LogP contribution < -0.4 is 0 Å². The molecule has 3 rings (SSSR count). The van der Waals surface area contributed by atoms with Crippen molar-refractivity contribution in [3.63, 3.8) is 0 Å². The summed E-state index contributed by atoms with van der Waals surface area (Å²) in [5.74, 6) is 0.919. The van der Waals surface area contributed by atoms with Crippen molar-refractivity contribution in [2.45, 2.75) is 6.42 Å². The third-order valence-electron chi connectivity index (χ3n) is 2.63. The van der Waals surface area contributed by atoms with Gasteiger partial charge in [0.05, 0.1) is 0 Å². The van der Waals surface area contributed by atoms with Crippen LogP contribution in [0.25, 0.3) is 5.65 Å². The van der Waals surface area contributed by atoms with E-state index in [-0.39, 0.29) is 5.75 Å². The number of hydrogen-bond acceptors (Lipinski definition) is 3. The molecule has 5 heteroatoms. The van der Waals surface area contributed by atoms with Crippen LogP contribution in [0.15, 0.2) is 42.5 Å². The van der Waals surface area contributed by atoms with Crippen LogP contribution in [0.3, 0.4) is 0 Å². The molecule has 2 heterocycles. The maximum absolute atomic E-state index is 9.41. The fourth-order valence-corrected chi connectivity index (χ4v) is 2.04. The molecule has 0 unspecified atom stereocenters. The van der Waals surface area contributed by atoms with Crippen LogP contribution in [0, 0.1) is 0 Å². The number of pyridine rings is 1. The number of aromatic nitrogens is 3. The van der Waals surface area contributed by atoms with E-state index in [1.807, 2.05) is 18.2 Å². The highest BCUT2D eigenvalue weighted by Crippen LogP contribution is 2.15. The lowest BCUT2D eigenvalue weighted by molar-refractivity contribution is 0.474. The summed E-state index contributed by atoms with van der Waals surface area (Å²) in [6, 6.07) is 12.5. The Bertz CT molecular complexity index is 708. The topological polar surface area (TPSA) is 50.4 Å². The quantitative estimate of drug-likeness (QED) is 0.720. The van der Waals surface area contributed by atoms with Gasteiger partial charge in [-0.15, -0.1) is 5.10 Å².